The second kappa shape index (κ2) is 6.01. The van der Waals surface area contributed by atoms with Gasteiger partial charge in [-0.3, -0.25) is 0 Å². The molecule has 0 saturated heterocycles. The maximum atomic E-state index is 14.3. The highest BCUT2D eigenvalue weighted by atomic mass is 32.2. The minimum absolute atomic E-state index is 0.0875. The highest BCUT2D eigenvalue weighted by Gasteiger charge is 2.46. The molecule has 0 aromatic heterocycles. The van der Waals surface area contributed by atoms with Crippen LogP contribution >= 0.6 is 0 Å². The van der Waals surface area contributed by atoms with Crippen LogP contribution in [0.3, 0.4) is 0 Å². The minimum Gasteiger partial charge on any atom is -0.217 e. The largest absolute Gasteiger partial charge is 0.353 e. The van der Waals surface area contributed by atoms with Gasteiger partial charge < -0.3 is 0 Å². The predicted octanol–water partition coefficient (Wildman–Crippen LogP) is 4.47. The van der Waals surface area contributed by atoms with E-state index in [1.54, 1.807) is 30.3 Å². The Morgan fingerprint density at radius 2 is 1.59 bits per heavy atom. The molecule has 0 fully saturated rings. The fourth-order valence-corrected chi connectivity index (χ4v) is 3.23. The summed E-state index contributed by atoms with van der Waals surface area (Å²) in [6, 6.07) is 13.6. The summed E-state index contributed by atoms with van der Waals surface area (Å²) in [6.45, 7) is 5.48. The molecule has 2 aromatic rings. The molecule has 0 aliphatic carbocycles. The molecular weight excluding hydrogens is 306 g/mol. The highest BCUT2D eigenvalue weighted by molar-refractivity contribution is 7.92. The molecule has 0 aliphatic heterocycles. The Balaban J connectivity index is 2.27. The molecule has 0 unspecified atom stereocenters. The Kier molecular flexibility index (Phi) is 4.47. The van der Waals surface area contributed by atoms with Gasteiger partial charge in [0.05, 0.1) is 11.3 Å². The van der Waals surface area contributed by atoms with E-state index >= 15 is 0 Å². The number of halogens is 2. The predicted molar refractivity (Wildman–Crippen MR) is 83.4 cm³/mol. The first-order valence-electron chi connectivity index (χ1n) is 6.66. The molecule has 0 radical (unpaired) electrons. The van der Waals surface area contributed by atoms with Crippen LogP contribution in [0.4, 0.5) is 8.78 Å². The minimum atomic E-state index is -4.74. The van der Waals surface area contributed by atoms with Crippen molar-refractivity contribution in [2.75, 3.05) is 0 Å². The smallest absolute Gasteiger partial charge is 0.217 e. The molecular formula is C17H16F2O2S. The molecule has 0 bridgehead atoms. The van der Waals surface area contributed by atoms with Crippen LogP contribution in [-0.4, -0.2) is 13.7 Å². The van der Waals surface area contributed by atoms with E-state index < -0.39 is 26.4 Å². The Labute approximate surface area is 129 Å². The van der Waals surface area contributed by atoms with Crippen molar-refractivity contribution in [3.05, 3.63) is 72.3 Å². The van der Waals surface area contributed by atoms with Crippen molar-refractivity contribution < 1.29 is 17.2 Å². The Bertz CT molecular complexity index is 764. The van der Waals surface area contributed by atoms with Crippen LogP contribution in [0.25, 0.3) is 5.57 Å². The topological polar surface area (TPSA) is 34.1 Å². The summed E-state index contributed by atoms with van der Waals surface area (Å²) in [5, 5.41) is -3.91. The van der Waals surface area contributed by atoms with Crippen molar-refractivity contribution >= 4 is 15.4 Å². The average Bonchev–Trinajstić information content (AvgIpc) is 2.48. The molecule has 0 aliphatic rings. The normalized spacial score (nSPS) is 12.1. The van der Waals surface area contributed by atoms with Gasteiger partial charge in [0.2, 0.25) is 9.84 Å². The second-order valence-electron chi connectivity index (χ2n) is 5.10. The lowest BCUT2D eigenvalue weighted by atomic mass is 10.0. The first-order chi connectivity index (χ1) is 10.2. The molecule has 116 valence electrons. The molecule has 0 amide bonds. The van der Waals surface area contributed by atoms with Gasteiger partial charge in [0.1, 0.15) is 0 Å². The van der Waals surface area contributed by atoms with Crippen molar-refractivity contribution in [3.63, 3.8) is 0 Å². The maximum absolute atomic E-state index is 14.3. The van der Waals surface area contributed by atoms with Gasteiger partial charge in [0.15, 0.2) is 0 Å². The summed E-state index contributed by atoms with van der Waals surface area (Å²) in [6.07, 6.45) is -0.937. The van der Waals surface area contributed by atoms with Crippen LogP contribution in [0.2, 0.25) is 0 Å². The van der Waals surface area contributed by atoms with E-state index in [1.807, 2.05) is 6.92 Å². The van der Waals surface area contributed by atoms with E-state index in [-0.39, 0.29) is 5.57 Å². The van der Waals surface area contributed by atoms with Crippen LogP contribution in [0, 0.1) is 6.92 Å². The Morgan fingerprint density at radius 1 is 1.05 bits per heavy atom. The SMILES string of the molecule is C=C(CC(F)(F)S(=O)(=O)c1ccccc1)c1ccc(C)cc1. The summed E-state index contributed by atoms with van der Waals surface area (Å²) < 4.78 is 52.7. The summed E-state index contributed by atoms with van der Waals surface area (Å²) >= 11 is 0. The molecule has 22 heavy (non-hydrogen) atoms. The zero-order valence-electron chi connectivity index (χ0n) is 12.1. The lowest BCUT2D eigenvalue weighted by Gasteiger charge is -2.18. The molecule has 0 saturated carbocycles. The van der Waals surface area contributed by atoms with Gasteiger partial charge in [-0.15, -0.1) is 0 Å². The standard InChI is InChI=1S/C17H16F2O2S/c1-13-8-10-15(11-9-13)14(2)12-17(18,19)22(20,21)16-6-4-3-5-7-16/h3-11H,2,12H2,1H3. The van der Waals surface area contributed by atoms with Gasteiger partial charge in [-0.05, 0) is 30.2 Å². The number of rotatable bonds is 5. The van der Waals surface area contributed by atoms with Crippen molar-refractivity contribution in [1.29, 1.82) is 0 Å². The monoisotopic (exact) mass is 322 g/mol. The zero-order chi connectivity index (χ0) is 16.4. The zero-order valence-corrected chi connectivity index (χ0v) is 12.9. The quantitative estimate of drug-likeness (QED) is 0.814. The van der Waals surface area contributed by atoms with Gasteiger partial charge in [0.25, 0.3) is 0 Å². The van der Waals surface area contributed by atoms with Crippen LogP contribution in [0.1, 0.15) is 17.5 Å². The molecule has 2 aromatic carbocycles. The third kappa shape index (κ3) is 3.25. The lowest BCUT2D eigenvalue weighted by molar-refractivity contribution is 0.0982. The summed E-state index contributed by atoms with van der Waals surface area (Å²) in [5.74, 6) is 0. The maximum Gasteiger partial charge on any atom is 0.353 e. The number of hydrogen-bond acceptors (Lipinski definition) is 2. The molecule has 0 N–H and O–H groups in total. The average molecular weight is 322 g/mol. The number of allylic oxidation sites excluding steroid dienone is 1. The van der Waals surface area contributed by atoms with Crippen LogP contribution in [0.15, 0.2) is 66.1 Å². The summed E-state index contributed by atoms with van der Waals surface area (Å²) in [5.41, 5.74) is 1.58. The fourth-order valence-electron chi connectivity index (χ4n) is 2.01. The lowest BCUT2D eigenvalue weighted by Crippen LogP contribution is -2.29. The van der Waals surface area contributed by atoms with Crippen molar-refractivity contribution in [2.24, 2.45) is 0 Å². The molecule has 2 nitrogen and oxygen atoms in total. The number of alkyl halides is 2. The number of sulfone groups is 1. The molecule has 0 spiro atoms. The van der Waals surface area contributed by atoms with E-state index in [9.17, 15) is 17.2 Å². The van der Waals surface area contributed by atoms with E-state index in [2.05, 4.69) is 6.58 Å². The first kappa shape index (κ1) is 16.4. The highest BCUT2D eigenvalue weighted by Crippen LogP contribution is 2.36. The molecule has 0 atom stereocenters. The van der Waals surface area contributed by atoms with Gasteiger partial charge in [-0.1, -0.05) is 54.6 Å². The third-order valence-corrected chi connectivity index (χ3v) is 5.15. The fraction of sp³-hybridized carbons (Fsp3) is 0.176. The van der Waals surface area contributed by atoms with E-state index in [0.29, 0.717) is 5.56 Å². The summed E-state index contributed by atoms with van der Waals surface area (Å²) in [7, 11) is -4.74. The molecule has 0 heterocycles. The number of aryl methyl sites for hydroxylation is 1. The molecule has 5 heteroatoms. The van der Waals surface area contributed by atoms with Gasteiger partial charge in [-0.2, -0.15) is 8.78 Å². The van der Waals surface area contributed by atoms with E-state index in [0.717, 1.165) is 17.7 Å². The first-order valence-corrected chi connectivity index (χ1v) is 8.15. The second-order valence-corrected chi connectivity index (χ2v) is 7.18. The van der Waals surface area contributed by atoms with Crippen molar-refractivity contribution in [1.82, 2.24) is 0 Å². The van der Waals surface area contributed by atoms with Gasteiger partial charge >= 0.3 is 5.25 Å². The van der Waals surface area contributed by atoms with E-state index in [1.165, 1.54) is 12.1 Å². The third-order valence-electron chi connectivity index (χ3n) is 3.33. The number of benzene rings is 2. The Morgan fingerprint density at radius 3 is 2.14 bits per heavy atom. The summed E-state index contributed by atoms with van der Waals surface area (Å²) in [4.78, 5) is -0.392. The number of hydrogen-bond donors (Lipinski definition) is 0. The molecule has 2 rings (SSSR count). The van der Waals surface area contributed by atoms with Crippen LogP contribution in [0.5, 0.6) is 0 Å². The van der Waals surface area contributed by atoms with Crippen LogP contribution in [-0.2, 0) is 9.84 Å². The van der Waals surface area contributed by atoms with Crippen LogP contribution < -0.4 is 0 Å². The Hall–Kier alpha value is -2.01. The van der Waals surface area contributed by atoms with Crippen molar-refractivity contribution in [3.8, 4) is 0 Å². The van der Waals surface area contributed by atoms with Gasteiger partial charge in [-0.25, -0.2) is 8.42 Å². The van der Waals surface area contributed by atoms with E-state index in [4.69, 9.17) is 0 Å². The van der Waals surface area contributed by atoms with Crippen molar-refractivity contribution in [2.45, 2.75) is 23.5 Å². The van der Waals surface area contributed by atoms with Gasteiger partial charge in [0, 0.05) is 0 Å².